The molecule has 0 spiro atoms. The van der Waals surface area contributed by atoms with Gasteiger partial charge in [0.15, 0.2) is 5.78 Å². The maximum Gasteiger partial charge on any atom is 0.336 e. The molecule has 2 aromatic rings. The van der Waals surface area contributed by atoms with Gasteiger partial charge in [0, 0.05) is 5.56 Å². The Bertz CT molecular complexity index is 775. The Hall–Kier alpha value is -2.37. The molecule has 0 bridgehead atoms. The highest BCUT2D eigenvalue weighted by Crippen LogP contribution is 2.26. The number of carboxylic acid groups (broad SMARTS) is 1. The molecule has 118 valence electrons. The molecule has 0 saturated carbocycles. The van der Waals surface area contributed by atoms with Gasteiger partial charge in [-0.25, -0.2) is 4.79 Å². The maximum absolute atomic E-state index is 12.1. The van der Waals surface area contributed by atoms with Crippen molar-refractivity contribution >= 4 is 40.9 Å². The van der Waals surface area contributed by atoms with Gasteiger partial charge in [0.2, 0.25) is 0 Å². The molecule has 2 rings (SSSR count). The second-order valence-corrected chi connectivity index (χ2v) is 5.40. The summed E-state index contributed by atoms with van der Waals surface area (Å²) in [6.45, 7) is -0.262. The van der Waals surface area contributed by atoms with Crippen LogP contribution < -0.4 is 5.32 Å². The van der Waals surface area contributed by atoms with E-state index < -0.39 is 11.9 Å². The fourth-order valence-electron chi connectivity index (χ4n) is 1.89. The number of nitrogens with one attached hydrogen (secondary N) is 1. The summed E-state index contributed by atoms with van der Waals surface area (Å²) in [5, 5.41) is 11.6. The second kappa shape index (κ2) is 7.26. The van der Waals surface area contributed by atoms with Crippen molar-refractivity contribution < 1.29 is 19.5 Å². The van der Waals surface area contributed by atoms with E-state index >= 15 is 0 Å². The molecule has 1 amide bonds. The standard InChI is InChI=1S/C16H11Cl2NO4/c17-12-6-10(11(16(22)23)7-13(12)18)15(21)19-8-14(20)9-4-2-1-3-5-9/h1-7H,8H2,(H,19,21)(H,22,23). The van der Waals surface area contributed by atoms with Crippen LogP contribution in [0.3, 0.4) is 0 Å². The van der Waals surface area contributed by atoms with E-state index in [4.69, 9.17) is 28.3 Å². The van der Waals surface area contributed by atoms with Crippen LogP contribution in [0.1, 0.15) is 31.1 Å². The third-order valence-electron chi connectivity index (χ3n) is 3.04. The number of hydrogen-bond acceptors (Lipinski definition) is 3. The number of Topliss-reactive ketones (excluding diaryl/α,β-unsaturated/α-hetero) is 1. The summed E-state index contributed by atoms with van der Waals surface area (Å²) in [6, 6.07) is 10.7. The van der Waals surface area contributed by atoms with E-state index in [0.717, 1.165) is 12.1 Å². The lowest BCUT2D eigenvalue weighted by Gasteiger charge is -2.09. The molecular weight excluding hydrogens is 341 g/mol. The van der Waals surface area contributed by atoms with E-state index in [-0.39, 0.29) is 33.5 Å². The Balaban J connectivity index is 2.17. The number of benzene rings is 2. The highest BCUT2D eigenvalue weighted by atomic mass is 35.5. The molecule has 7 heteroatoms. The summed E-state index contributed by atoms with van der Waals surface area (Å²) in [5.41, 5.74) is -0.00258. The first kappa shape index (κ1) is 17.0. The van der Waals surface area contributed by atoms with Gasteiger partial charge in [-0.3, -0.25) is 9.59 Å². The molecule has 0 radical (unpaired) electrons. The van der Waals surface area contributed by atoms with Gasteiger partial charge in [-0.2, -0.15) is 0 Å². The van der Waals surface area contributed by atoms with Crippen LogP contribution in [-0.2, 0) is 0 Å². The van der Waals surface area contributed by atoms with Gasteiger partial charge >= 0.3 is 5.97 Å². The Morgan fingerprint density at radius 1 is 0.957 bits per heavy atom. The first-order chi connectivity index (χ1) is 10.9. The molecule has 0 aliphatic heterocycles. The summed E-state index contributed by atoms with van der Waals surface area (Å²) < 4.78 is 0. The van der Waals surface area contributed by atoms with Gasteiger partial charge in [-0.1, -0.05) is 53.5 Å². The normalized spacial score (nSPS) is 10.2. The number of ketones is 1. The second-order valence-electron chi connectivity index (χ2n) is 4.59. The molecule has 0 atom stereocenters. The van der Waals surface area contributed by atoms with Crippen molar-refractivity contribution in [2.24, 2.45) is 0 Å². The van der Waals surface area contributed by atoms with E-state index in [1.807, 2.05) is 0 Å². The SMILES string of the molecule is O=C(CNC(=O)c1cc(Cl)c(Cl)cc1C(=O)O)c1ccccc1. The fraction of sp³-hybridized carbons (Fsp3) is 0.0625. The van der Waals surface area contributed by atoms with Crippen LogP contribution >= 0.6 is 23.2 Å². The number of rotatable bonds is 5. The minimum Gasteiger partial charge on any atom is -0.478 e. The zero-order valence-corrected chi connectivity index (χ0v) is 13.2. The maximum atomic E-state index is 12.1. The largest absolute Gasteiger partial charge is 0.478 e. The lowest BCUT2D eigenvalue weighted by molar-refractivity contribution is 0.0691. The van der Waals surface area contributed by atoms with Crippen molar-refractivity contribution in [3.63, 3.8) is 0 Å². The Morgan fingerprint density at radius 2 is 1.52 bits per heavy atom. The number of amides is 1. The topological polar surface area (TPSA) is 83.5 Å². The average Bonchev–Trinajstić information content (AvgIpc) is 2.55. The summed E-state index contributed by atoms with van der Waals surface area (Å²) >= 11 is 11.6. The Morgan fingerprint density at radius 3 is 2.09 bits per heavy atom. The van der Waals surface area contributed by atoms with Gasteiger partial charge in [-0.15, -0.1) is 0 Å². The molecule has 5 nitrogen and oxygen atoms in total. The van der Waals surface area contributed by atoms with Crippen molar-refractivity contribution in [1.29, 1.82) is 0 Å². The number of carbonyl (C=O) groups is 3. The highest BCUT2D eigenvalue weighted by molar-refractivity contribution is 6.42. The minimum atomic E-state index is -1.32. The van der Waals surface area contributed by atoms with Crippen molar-refractivity contribution in [1.82, 2.24) is 5.32 Å². The number of aromatic carboxylic acids is 1. The zero-order chi connectivity index (χ0) is 17.0. The van der Waals surface area contributed by atoms with E-state index in [1.165, 1.54) is 0 Å². The predicted octanol–water partition coefficient (Wildman–Crippen LogP) is 3.30. The van der Waals surface area contributed by atoms with Crippen LogP contribution in [0.25, 0.3) is 0 Å². The fourth-order valence-corrected chi connectivity index (χ4v) is 2.22. The third-order valence-corrected chi connectivity index (χ3v) is 3.76. The molecule has 0 saturated heterocycles. The predicted molar refractivity (Wildman–Crippen MR) is 86.5 cm³/mol. The quantitative estimate of drug-likeness (QED) is 0.809. The monoisotopic (exact) mass is 351 g/mol. The Kier molecular flexibility index (Phi) is 5.36. The minimum absolute atomic E-state index is 0.0287. The average molecular weight is 352 g/mol. The smallest absolute Gasteiger partial charge is 0.336 e. The first-order valence-corrected chi connectivity index (χ1v) is 7.24. The molecule has 23 heavy (non-hydrogen) atoms. The van der Waals surface area contributed by atoms with Crippen molar-refractivity contribution in [3.8, 4) is 0 Å². The summed E-state index contributed by atoms with van der Waals surface area (Å²) in [6.07, 6.45) is 0. The molecule has 2 aromatic carbocycles. The van der Waals surface area contributed by atoms with E-state index in [0.29, 0.717) is 5.56 Å². The first-order valence-electron chi connectivity index (χ1n) is 6.49. The lowest BCUT2D eigenvalue weighted by atomic mass is 10.1. The van der Waals surface area contributed by atoms with Crippen molar-refractivity contribution in [2.45, 2.75) is 0 Å². The van der Waals surface area contributed by atoms with Crippen LogP contribution in [0.4, 0.5) is 0 Å². The summed E-state index contributed by atoms with van der Waals surface area (Å²) in [5.74, 6) is -2.33. The van der Waals surface area contributed by atoms with Gasteiger partial charge in [0.25, 0.3) is 5.91 Å². The van der Waals surface area contributed by atoms with Crippen LogP contribution in [0, 0.1) is 0 Å². The van der Waals surface area contributed by atoms with E-state index in [1.54, 1.807) is 30.3 Å². The van der Waals surface area contributed by atoms with Crippen molar-refractivity contribution in [3.05, 3.63) is 69.2 Å². The van der Waals surface area contributed by atoms with Crippen LogP contribution in [-0.4, -0.2) is 29.3 Å². The summed E-state index contributed by atoms with van der Waals surface area (Å²) in [4.78, 5) is 35.3. The lowest BCUT2D eigenvalue weighted by Crippen LogP contribution is -2.30. The molecular formula is C16H11Cl2NO4. The van der Waals surface area contributed by atoms with Gasteiger partial charge in [-0.05, 0) is 12.1 Å². The van der Waals surface area contributed by atoms with Crippen LogP contribution in [0.5, 0.6) is 0 Å². The van der Waals surface area contributed by atoms with Gasteiger partial charge in [0.05, 0.1) is 27.7 Å². The van der Waals surface area contributed by atoms with Crippen LogP contribution in [0.15, 0.2) is 42.5 Å². The van der Waals surface area contributed by atoms with E-state index in [9.17, 15) is 14.4 Å². The van der Waals surface area contributed by atoms with Gasteiger partial charge in [0.1, 0.15) is 0 Å². The molecule has 0 aliphatic rings. The Labute approximate surface area is 141 Å². The molecule has 0 fully saturated rings. The number of carbonyl (C=O) groups excluding carboxylic acids is 2. The molecule has 2 N–H and O–H groups in total. The molecule has 0 heterocycles. The number of halogens is 2. The van der Waals surface area contributed by atoms with E-state index in [2.05, 4.69) is 5.32 Å². The van der Waals surface area contributed by atoms with Crippen LogP contribution in [0.2, 0.25) is 10.0 Å². The molecule has 0 aliphatic carbocycles. The third kappa shape index (κ3) is 4.09. The molecule has 0 aromatic heterocycles. The van der Waals surface area contributed by atoms with Crippen molar-refractivity contribution in [2.75, 3.05) is 6.54 Å². The molecule has 0 unspecified atom stereocenters. The number of carboxylic acids is 1. The van der Waals surface area contributed by atoms with Gasteiger partial charge < -0.3 is 10.4 Å². The summed E-state index contributed by atoms with van der Waals surface area (Å²) in [7, 11) is 0. The zero-order valence-electron chi connectivity index (χ0n) is 11.7. The highest BCUT2D eigenvalue weighted by Gasteiger charge is 2.19. The number of hydrogen-bond donors (Lipinski definition) is 2.